The Balaban J connectivity index is 0.00000148. The van der Waals surface area contributed by atoms with Gasteiger partial charge in [0.2, 0.25) is 0 Å². The van der Waals surface area contributed by atoms with Gasteiger partial charge in [0.05, 0.1) is 102 Å². The predicted molar refractivity (Wildman–Crippen MR) is 433 cm³/mol. The van der Waals surface area contributed by atoms with Gasteiger partial charge in [0.25, 0.3) is 0 Å². The minimum Gasteiger partial charge on any atom is -0.550 e. The molecule has 0 spiro atoms. The zero-order valence-corrected chi connectivity index (χ0v) is 72.1. The highest BCUT2D eigenvalue weighted by Crippen LogP contribution is 2.26. The number of aliphatic hydroxyl groups is 1. The zero-order chi connectivity index (χ0) is 82.8. The highest BCUT2D eigenvalue weighted by molar-refractivity contribution is 7.90. The van der Waals surface area contributed by atoms with Gasteiger partial charge in [-0.1, -0.05) is 118 Å². The molecule has 0 aliphatic heterocycles. The number of carboxylic acid groups (broad SMARTS) is 3. The van der Waals surface area contributed by atoms with Crippen molar-refractivity contribution >= 4 is 65.6 Å². The Hall–Kier alpha value is -5.17. The van der Waals surface area contributed by atoms with Crippen LogP contribution in [0.2, 0.25) is 0 Å². The molecule has 0 bridgehead atoms. The van der Waals surface area contributed by atoms with Crippen molar-refractivity contribution in [2.24, 2.45) is 0 Å². The first-order chi connectivity index (χ1) is 51.4. The second-order valence-electron chi connectivity index (χ2n) is 30.2. The van der Waals surface area contributed by atoms with Gasteiger partial charge >= 0.3 is 30.6 Å². The standard InChI is InChI=1S/3C25H47FN3O2S.C6H8O7/c3*1-6-9-11-14-20-29(8-3,19-13-10-7-2)21-15-12-16-23-17-18-24(22-25(23)26)27-32(30,31)28(4)5;7-3(8)1-6(13,5(11)12)2-4(9)10/h3*17-18,22,27H,6-16,19-21H2,1-5H3;13H,1-2H2,(H,7,8)(H,9,10)(H,11,12)/q3*+1;/p-3. The van der Waals surface area contributed by atoms with E-state index in [1.54, 1.807) is 36.4 Å². The number of carbonyl (C=O) groups is 3. The number of unbranched alkanes of at least 4 members (excludes halogenated alkanes) is 18. The Labute approximate surface area is 658 Å². The van der Waals surface area contributed by atoms with Gasteiger partial charge in [0, 0.05) is 67.1 Å². The molecular formula is C81H146F3N9O13S3. The quantitative estimate of drug-likeness (QED) is 0.0302. The molecule has 0 aliphatic carbocycles. The van der Waals surface area contributed by atoms with Crippen molar-refractivity contribution in [1.82, 2.24) is 12.9 Å². The van der Waals surface area contributed by atoms with E-state index in [9.17, 15) is 68.1 Å². The average Bonchev–Trinajstić information content (AvgIpc) is 0.851. The number of carbonyl (C=O) groups excluding carboxylic acids is 3. The van der Waals surface area contributed by atoms with E-state index in [-0.39, 0.29) is 34.5 Å². The summed E-state index contributed by atoms with van der Waals surface area (Å²) < 4.78 is 129. The van der Waals surface area contributed by atoms with Crippen molar-refractivity contribution < 1.29 is 86.7 Å². The number of nitrogens with one attached hydrogen (secondary N) is 3. The lowest BCUT2D eigenvalue weighted by molar-refractivity contribution is -0.927. The van der Waals surface area contributed by atoms with E-state index in [0.29, 0.717) is 36.0 Å². The number of hydrogen-bond donors (Lipinski definition) is 4. The summed E-state index contributed by atoms with van der Waals surface area (Å²) in [7, 11) is -2.25. The lowest BCUT2D eigenvalue weighted by Gasteiger charge is -2.38. The van der Waals surface area contributed by atoms with Crippen LogP contribution in [0.4, 0.5) is 30.2 Å². The van der Waals surface area contributed by atoms with E-state index < -0.39 is 67.0 Å². The third-order valence-corrected chi connectivity index (χ3v) is 25.1. The predicted octanol–water partition coefficient (Wildman–Crippen LogP) is 12.7. The van der Waals surface area contributed by atoms with Crippen molar-refractivity contribution in [2.75, 3.05) is 135 Å². The summed E-state index contributed by atoms with van der Waals surface area (Å²) in [6.07, 6.45) is 32.5. The number of nitrogens with zero attached hydrogens (tertiary/aromatic N) is 6. The van der Waals surface area contributed by atoms with Crippen LogP contribution in [-0.4, -0.2) is 201 Å². The monoisotopic (exact) mass is 1610 g/mol. The van der Waals surface area contributed by atoms with Crippen LogP contribution in [0.3, 0.4) is 0 Å². The first-order valence-electron chi connectivity index (χ1n) is 40.7. The summed E-state index contributed by atoms with van der Waals surface area (Å²) in [4.78, 5) is 30.0. The van der Waals surface area contributed by atoms with Gasteiger partial charge in [0.15, 0.2) is 0 Å². The summed E-state index contributed by atoms with van der Waals surface area (Å²) in [5.74, 6) is -7.02. The van der Waals surface area contributed by atoms with Crippen molar-refractivity contribution in [3.8, 4) is 0 Å². The number of aryl methyl sites for hydroxylation is 3. The van der Waals surface area contributed by atoms with E-state index in [1.165, 1.54) is 268 Å². The third-order valence-electron chi connectivity index (χ3n) is 20.8. The largest absolute Gasteiger partial charge is 0.550 e. The lowest BCUT2D eigenvalue weighted by atomic mass is 9.96. The molecule has 109 heavy (non-hydrogen) atoms. The molecule has 632 valence electrons. The van der Waals surface area contributed by atoms with E-state index in [1.807, 2.05) is 0 Å². The minimum absolute atomic E-state index is 0.254. The van der Waals surface area contributed by atoms with Gasteiger partial charge in [-0.2, -0.15) is 38.2 Å². The molecule has 0 aromatic heterocycles. The van der Waals surface area contributed by atoms with Crippen molar-refractivity contribution in [3.63, 3.8) is 0 Å². The summed E-state index contributed by atoms with van der Waals surface area (Å²) >= 11 is 0. The van der Waals surface area contributed by atoms with Crippen LogP contribution >= 0.6 is 0 Å². The summed E-state index contributed by atoms with van der Waals surface area (Å²) in [6.45, 7) is 35.0. The van der Waals surface area contributed by atoms with Gasteiger partial charge in [-0.25, -0.2) is 13.2 Å². The van der Waals surface area contributed by atoms with Crippen LogP contribution in [0, 0.1) is 17.5 Å². The van der Waals surface area contributed by atoms with Crippen LogP contribution in [0.5, 0.6) is 0 Å². The van der Waals surface area contributed by atoms with Gasteiger partial charge in [-0.3, -0.25) is 14.2 Å². The SMILES string of the molecule is CCCCCC[N+](CC)(CCCCC)CCCCc1ccc(NS(=O)(=O)N(C)C)cc1F.CCCCCC[N+](CC)(CCCCC)CCCCc1ccc(NS(=O)(=O)N(C)C)cc1F.CCCCCC[N+](CC)(CCCCC)CCCCc1ccc(NS(=O)(=O)N(C)C)cc1F.O=C([O-])CC(O)(CC(=O)[O-])C(=O)[O-]. The Kier molecular flexibility index (Phi) is 53.5. The number of benzene rings is 3. The summed E-state index contributed by atoms with van der Waals surface area (Å²) in [6, 6.07) is 13.9. The topological polar surface area (TPSA) is 289 Å². The Bertz CT molecular complexity index is 3040. The van der Waals surface area contributed by atoms with Crippen molar-refractivity contribution in [3.05, 3.63) is 88.7 Å². The Morgan fingerprint density at radius 1 is 0.358 bits per heavy atom. The number of anilines is 3. The molecule has 0 amide bonds. The van der Waals surface area contributed by atoms with Gasteiger partial charge in [-0.15, -0.1) is 0 Å². The summed E-state index contributed by atoms with van der Waals surface area (Å²) in [5.41, 5.74) is -0.250. The maximum absolute atomic E-state index is 14.5. The molecule has 22 nitrogen and oxygen atoms in total. The molecule has 0 saturated heterocycles. The summed E-state index contributed by atoms with van der Waals surface area (Å²) in [5, 5.41) is 38.9. The highest BCUT2D eigenvalue weighted by atomic mass is 32.2. The first kappa shape index (κ1) is 104. The molecule has 0 aliphatic rings. The highest BCUT2D eigenvalue weighted by Gasteiger charge is 2.30. The van der Waals surface area contributed by atoms with Gasteiger partial charge in [-0.05, 0) is 209 Å². The molecule has 3 aromatic carbocycles. The van der Waals surface area contributed by atoms with E-state index >= 15 is 0 Å². The molecule has 0 saturated carbocycles. The van der Waals surface area contributed by atoms with Gasteiger partial charge in [0.1, 0.15) is 23.1 Å². The number of carboxylic acids is 3. The zero-order valence-electron chi connectivity index (χ0n) is 69.7. The van der Waals surface area contributed by atoms with E-state index in [0.717, 1.165) is 71.1 Å². The molecule has 3 rings (SSSR count). The molecule has 0 fully saturated rings. The van der Waals surface area contributed by atoms with Crippen LogP contribution < -0.4 is 29.5 Å². The minimum atomic E-state index is -3.63. The molecule has 3 atom stereocenters. The lowest BCUT2D eigenvalue weighted by Crippen LogP contribution is -2.54. The Morgan fingerprint density at radius 2 is 0.560 bits per heavy atom. The molecule has 0 heterocycles. The first-order valence-corrected chi connectivity index (χ1v) is 45.0. The maximum Gasteiger partial charge on any atom is 0.301 e. The molecule has 0 radical (unpaired) electrons. The normalized spacial score (nSPS) is 13.6. The molecule has 3 aromatic rings. The van der Waals surface area contributed by atoms with Crippen molar-refractivity contribution in [1.29, 1.82) is 0 Å². The van der Waals surface area contributed by atoms with Gasteiger partial charge < -0.3 is 48.3 Å². The van der Waals surface area contributed by atoms with Crippen LogP contribution in [0.1, 0.15) is 265 Å². The number of halogens is 3. The number of hydrogen-bond acceptors (Lipinski definition) is 13. The fourth-order valence-corrected chi connectivity index (χ4v) is 15.1. The van der Waals surface area contributed by atoms with E-state index in [4.69, 9.17) is 5.11 Å². The molecule has 28 heteroatoms. The number of quaternary nitrogens is 3. The van der Waals surface area contributed by atoms with Crippen molar-refractivity contribution in [2.45, 2.75) is 273 Å². The van der Waals surface area contributed by atoms with Crippen LogP contribution in [0.15, 0.2) is 54.6 Å². The van der Waals surface area contributed by atoms with Crippen LogP contribution in [-0.2, 0) is 64.3 Å². The number of aliphatic carboxylic acids is 3. The fraction of sp³-hybridized carbons (Fsp3) is 0.741. The smallest absolute Gasteiger partial charge is 0.301 e. The second kappa shape index (κ2) is 56.1. The molecule has 4 N–H and O–H groups in total. The second-order valence-corrected chi connectivity index (χ2v) is 35.8. The molecule has 3 unspecified atom stereocenters. The average molecular weight is 1610 g/mol. The fourth-order valence-electron chi connectivity index (χ4n) is 13.3. The molecular weight excluding hydrogens is 1460 g/mol. The number of rotatable bonds is 59. The Morgan fingerprint density at radius 3 is 0.734 bits per heavy atom. The van der Waals surface area contributed by atoms with Crippen LogP contribution in [0.25, 0.3) is 0 Å². The maximum atomic E-state index is 14.5. The third kappa shape index (κ3) is 43.6. The van der Waals surface area contributed by atoms with E-state index in [2.05, 4.69) is 76.5 Å².